The van der Waals surface area contributed by atoms with Crippen molar-refractivity contribution in [1.29, 1.82) is 0 Å². The van der Waals surface area contributed by atoms with Crippen LogP contribution < -0.4 is 0 Å². The lowest BCUT2D eigenvalue weighted by molar-refractivity contribution is -0.0498. The molecule has 0 spiro atoms. The van der Waals surface area contributed by atoms with E-state index in [9.17, 15) is 0 Å². The summed E-state index contributed by atoms with van der Waals surface area (Å²) in [6, 6.07) is 0. The molecule has 0 bridgehead atoms. The van der Waals surface area contributed by atoms with E-state index in [0.29, 0.717) is 0 Å². The normalized spacial score (nSPS) is 22.5. The van der Waals surface area contributed by atoms with Crippen molar-refractivity contribution in [3.63, 3.8) is 0 Å². The van der Waals surface area contributed by atoms with Gasteiger partial charge in [-0.15, -0.1) is 0 Å². The zero-order chi connectivity index (χ0) is 8.86. The zero-order valence-corrected chi connectivity index (χ0v) is 10.1. The number of rotatable bonds is 4. The summed E-state index contributed by atoms with van der Waals surface area (Å²) in [5, 5.41) is 0. The molecular formula is C10H19IO. The quantitative estimate of drug-likeness (QED) is 0.566. The lowest BCUT2D eigenvalue weighted by atomic mass is 9.86. The Kier molecular flexibility index (Phi) is 4.87. The van der Waals surface area contributed by atoms with E-state index in [1.54, 1.807) is 0 Å². The van der Waals surface area contributed by atoms with Crippen molar-refractivity contribution in [2.75, 3.05) is 11.0 Å². The van der Waals surface area contributed by atoms with Gasteiger partial charge in [0.25, 0.3) is 0 Å². The second-order valence-electron chi connectivity index (χ2n) is 3.73. The van der Waals surface area contributed by atoms with Crippen molar-refractivity contribution in [2.45, 2.75) is 51.0 Å². The molecule has 0 atom stereocenters. The summed E-state index contributed by atoms with van der Waals surface area (Å²) in [7, 11) is 0. The lowest BCUT2D eigenvalue weighted by Gasteiger charge is -2.35. The van der Waals surface area contributed by atoms with Crippen LogP contribution in [0.15, 0.2) is 0 Å². The third-order valence-corrected chi connectivity index (χ3v) is 4.01. The highest BCUT2D eigenvalue weighted by atomic mass is 127. The largest absolute Gasteiger partial charge is 0.374 e. The maximum atomic E-state index is 5.96. The van der Waals surface area contributed by atoms with Gasteiger partial charge in [-0.2, -0.15) is 0 Å². The summed E-state index contributed by atoms with van der Waals surface area (Å²) < 4.78 is 7.13. The van der Waals surface area contributed by atoms with Gasteiger partial charge in [0.1, 0.15) is 0 Å². The number of ether oxygens (including phenoxy) is 1. The highest BCUT2D eigenvalue weighted by molar-refractivity contribution is 14.1. The fourth-order valence-corrected chi connectivity index (χ4v) is 2.81. The van der Waals surface area contributed by atoms with Crippen LogP contribution in [-0.4, -0.2) is 16.6 Å². The Hall–Kier alpha value is 0.690. The van der Waals surface area contributed by atoms with E-state index in [4.69, 9.17) is 4.74 Å². The molecular weight excluding hydrogens is 263 g/mol. The Morgan fingerprint density at radius 3 is 2.42 bits per heavy atom. The molecule has 0 heterocycles. The number of hydrogen-bond acceptors (Lipinski definition) is 1. The van der Waals surface area contributed by atoms with Crippen molar-refractivity contribution >= 4 is 22.6 Å². The molecule has 1 aliphatic rings. The molecule has 0 aromatic heterocycles. The number of halogens is 1. The molecule has 0 aromatic rings. The van der Waals surface area contributed by atoms with Gasteiger partial charge in [0.2, 0.25) is 0 Å². The van der Waals surface area contributed by atoms with E-state index in [1.807, 2.05) is 0 Å². The first-order chi connectivity index (χ1) is 5.83. The van der Waals surface area contributed by atoms with Gasteiger partial charge >= 0.3 is 0 Å². The minimum Gasteiger partial charge on any atom is -0.374 e. The van der Waals surface area contributed by atoms with Crippen LogP contribution in [0.1, 0.15) is 45.4 Å². The molecule has 0 saturated heterocycles. The molecule has 1 rings (SSSR count). The van der Waals surface area contributed by atoms with Crippen molar-refractivity contribution in [3.8, 4) is 0 Å². The van der Waals surface area contributed by atoms with E-state index < -0.39 is 0 Å². The molecule has 0 N–H and O–H groups in total. The molecule has 0 radical (unpaired) electrons. The minimum absolute atomic E-state index is 0.259. The second kappa shape index (κ2) is 5.43. The average molecular weight is 282 g/mol. The van der Waals surface area contributed by atoms with Crippen molar-refractivity contribution in [3.05, 3.63) is 0 Å². The third kappa shape index (κ3) is 2.87. The molecule has 1 aliphatic carbocycles. The molecule has 1 fully saturated rings. The van der Waals surface area contributed by atoms with E-state index in [-0.39, 0.29) is 5.60 Å². The molecule has 0 unspecified atom stereocenters. The highest BCUT2D eigenvalue weighted by Gasteiger charge is 2.31. The van der Waals surface area contributed by atoms with E-state index >= 15 is 0 Å². The molecule has 72 valence electrons. The van der Waals surface area contributed by atoms with Crippen molar-refractivity contribution < 1.29 is 4.74 Å². The summed E-state index contributed by atoms with van der Waals surface area (Å²) in [6.45, 7) is 3.13. The third-order valence-electron chi connectivity index (χ3n) is 2.62. The first kappa shape index (κ1) is 10.8. The average Bonchev–Trinajstić information content (AvgIpc) is 2.16. The van der Waals surface area contributed by atoms with Gasteiger partial charge in [0.15, 0.2) is 0 Å². The Morgan fingerprint density at radius 1 is 1.25 bits per heavy atom. The fraction of sp³-hybridized carbons (Fsp3) is 1.00. The Labute approximate surface area is 89.4 Å². The molecule has 1 saturated carbocycles. The van der Waals surface area contributed by atoms with Crippen molar-refractivity contribution in [1.82, 2.24) is 0 Å². The van der Waals surface area contributed by atoms with Gasteiger partial charge in [0, 0.05) is 11.0 Å². The van der Waals surface area contributed by atoms with Gasteiger partial charge in [0.05, 0.1) is 5.60 Å². The fourth-order valence-electron chi connectivity index (χ4n) is 1.83. The second-order valence-corrected chi connectivity index (χ2v) is 4.49. The maximum absolute atomic E-state index is 5.96. The maximum Gasteiger partial charge on any atom is 0.0771 e. The zero-order valence-electron chi connectivity index (χ0n) is 7.94. The minimum atomic E-state index is 0.259. The van der Waals surface area contributed by atoms with Crippen LogP contribution in [0, 0.1) is 0 Å². The number of hydrogen-bond donors (Lipinski definition) is 0. The monoisotopic (exact) mass is 282 g/mol. The van der Waals surface area contributed by atoms with Crippen LogP contribution in [0.3, 0.4) is 0 Å². The predicted molar refractivity (Wildman–Crippen MR) is 60.9 cm³/mol. The molecule has 0 aliphatic heterocycles. The summed E-state index contributed by atoms with van der Waals surface area (Å²) in [4.78, 5) is 0. The Balaban J connectivity index is 2.37. The highest BCUT2D eigenvalue weighted by Crippen LogP contribution is 2.33. The summed E-state index contributed by atoms with van der Waals surface area (Å²) >= 11 is 2.47. The first-order valence-electron chi connectivity index (χ1n) is 5.03. The summed E-state index contributed by atoms with van der Waals surface area (Å²) in [5.41, 5.74) is 0.259. The standard InChI is InChI=1S/C10H19IO/c1-2-8-12-10(9-11)6-4-3-5-7-10/h2-9H2,1H3. The summed E-state index contributed by atoms with van der Waals surface area (Å²) in [5.74, 6) is 0. The number of alkyl halides is 1. The molecule has 1 nitrogen and oxygen atoms in total. The van der Waals surface area contributed by atoms with Gasteiger partial charge in [-0.1, -0.05) is 48.8 Å². The Morgan fingerprint density at radius 2 is 1.92 bits per heavy atom. The van der Waals surface area contributed by atoms with Crippen LogP contribution in [0.5, 0.6) is 0 Å². The van der Waals surface area contributed by atoms with E-state index in [2.05, 4.69) is 29.5 Å². The van der Waals surface area contributed by atoms with E-state index in [1.165, 1.54) is 36.5 Å². The van der Waals surface area contributed by atoms with Crippen LogP contribution in [-0.2, 0) is 4.74 Å². The van der Waals surface area contributed by atoms with Crippen LogP contribution in [0.2, 0.25) is 0 Å². The van der Waals surface area contributed by atoms with Crippen LogP contribution in [0.25, 0.3) is 0 Å². The summed E-state index contributed by atoms with van der Waals surface area (Å²) in [6.07, 6.45) is 7.87. The molecule has 0 aromatic carbocycles. The SMILES string of the molecule is CCCOC1(CI)CCCCC1. The molecule has 0 amide bonds. The van der Waals surface area contributed by atoms with Gasteiger partial charge in [-0.3, -0.25) is 0 Å². The smallest absolute Gasteiger partial charge is 0.0771 e. The van der Waals surface area contributed by atoms with Gasteiger partial charge < -0.3 is 4.74 Å². The van der Waals surface area contributed by atoms with E-state index in [0.717, 1.165) is 13.0 Å². The lowest BCUT2D eigenvalue weighted by Crippen LogP contribution is -2.37. The van der Waals surface area contributed by atoms with Gasteiger partial charge in [-0.25, -0.2) is 0 Å². The van der Waals surface area contributed by atoms with Crippen molar-refractivity contribution in [2.24, 2.45) is 0 Å². The topological polar surface area (TPSA) is 9.23 Å². The van der Waals surface area contributed by atoms with Gasteiger partial charge in [-0.05, 0) is 19.3 Å². The predicted octanol–water partition coefficient (Wildman–Crippen LogP) is 3.55. The molecule has 2 heteroatoms. The Bertz CT molecular complexity index is 119. The molecule has 12 heavy (non-hydrogen) atoms. The van der Waals surface area contributed by atoms with Crippen LogP contribution >= 0.6 is 22.6 Å². The van der Waals surface area contributed by atoms with Crippen LogP contribution in [0.4, 0.5) is 0 Å². The first-order valence-corrected chi connectivity index (χ1v) is 6.55.